The maximum Gasteiger partial charge on any atom is 0.310 e. The Hall–Kier alpha value is -1.10. The van der Waals surface area contributed by atoms with Crippen molar-refractivity contribution < 1.29 is 19.1 Å². The number of ether oxygens (including phenoxy) is 2. The molecule has 0 aromatic rings. The third-order valence-electron chi connectivity index (χ3n) is 3.81. The maximum atomic E-state index is 11.9. The van der Waals surface area contributed by atoms with Gasteiger partial charge in [-0.15, -0.1) is 0 Å². The number of carbonyl (C=O) groups excluding carboxylic acids is 2. The fourth-order valence-electron chi connectivity index (χ4n) is 2.65. The standard InChI is InChI=1S/C16H29NO4/c1-3-6-13(7-4-2)15(18)20-10-11-21-16(19)14-8-5-9-17-12-14/h13-14,17H,3-12H2,1-2H3. The van der Waals surface area contributed by atoms with Gasteiger partial charge >= 0.3 is 11.9 Å². The van der Waals surface area contributed by atoms with Gasteiger partial charge in [-0.05, 0) is 32.2 Å². The number of hydrogen-bond acceptors (Lipinski definition) is 5. The van der Waals surface area contributed by atoms with Crippen molar-refractivity contribution in [3.63, 3.8) is 0 Å². The summed E-state index contributed by atoms with van der Waals surface area (Å²) in [7, 11) is 0. The number of hydrogen-bond donors (Lipinski definition) is 1. The van der Waals surface area contributed by atoms with Gasteiger partial charge in [-0.25, -0.2) is 0 Å². The van der Waals surface area contributed by atoms with Crippen molar-refractivity contribution in [3.05, 3.63) is 0 Å². The van der Waals surface area contributed by atoms with E-state index >= 15 is 0 Å². The quantitative estimate of drug-likeness (QED) is 0.523. The molecule has 1 aliphatic heterocycles. The zero-order chi connectivity index (χ0) is 15.5. The van der Waals surface area contributed by atoms with Crippen LogP contribution in [0.3, 0.4) is 0 Å². The van der Waals surface area contributed by atoms with E-state index in [9.17, 15) is 9.59 Å². The molecule has 1 heterocycles. The predicted molar refractivity (Wildman–Crippen MR) is 80.8 cm³/mol. The molecular weight excluding hydrogens is 270 g/mol. The van der Waals surface area contributed by atoms with E-state index in [0.717, 1.165) is 45.1 Å². The van der Waals surface area contributed by atoms with Gasteiger partial charge in [0.15, 0.2) is 0 Å². The Morgan fingerprint density at radius 3 is 2.38 bits per heavy atom. The summed E-state index contributed by atoms with van der Waals surface area (Å²) in [6, 6.07) is 0. The summed E-state index contributed by atoms with van der Waals surface area (Å²) in [6.07, 6.45) is 5.55. The number of esters is 2. The lowest BCUT2D eigenvalue weighted by molar-refractivity contribution is -0.157. The molecule has 122 valence electrons. The van der Waals surface area contributed by atoms with E-state index < -0.39 is 0 Å². The van der Waals surface area contributed by atoms with E-state index in [0.29, 0.717) is 6.54 Å². The van der Waals surface area contributed by atoms with Crippen molar-refractivity contribution in [2.45, 2.75) is 52.4 Å². The minimum atomic E-state index is -0.183. The summed E-state index contributed by atoms with van der Waals surface area (Å²) in [4.78, 5) is 23.7. The lowest BCUT2D eigenvalue weighted by Gasteiger charge is -2.21. The Labute approximate surface area is 127 Å². The van der Waals surface area contributed by atoms with Gasteiger partial charge in [-0.3, -0.25) is 9.59 Å². The van der Waals surface area contributed by atoms with Crippen LogP contribution in [0, 0.1) is 11.8 Å². The monoisotopic (exact) mass is 299 g/mol. The summed E-state index contributed by atoms with van der Waals surface area (Å²) < 4.78 is 10.4. The van der Waals surface area contributed by atoms with Gasteiger partial charge in [0.25, 0.3) is 0 Å². The van der Waals surface area contributed by atoms with Crippen LogP contribution in [0.4, 0.5) is 0 Å². The molecule has 1 rings (SSSR count). The van der Waals surface area contributed by atoms with Crippen LogP contribution in [-0.2, 0) is 19.1 Å². The maximum absolute atomic E-state index is 11.9. The zero-order valence-corrected chi connectivity index (χ0v) is 13.4. The predicted octanol–water partition coefficient (Wildman–Crippen LogP) is 2.29. The summed E-state index contributed by atoms with van der Waals surface area (Å²) in [5, 5.41) is 3.18. The zero-order valence-electron chi connectivity index (χ0n) is 13.4. The van der Waals surface area contributed by atoms with E-state index in [-0.39, 0.29) is 37.0 Å². The molecule has 1 N–H and O–H groups in total. The number of carbonyl (C=O) groups is 2. The van der Waals surface area contributed by atoms with Crippen molar-refractivity contribution in [3.8, 4) is 0 Å². The minimum absolute atomic E-state index is 0.0155. The van der Waals surface area contributed by atoms with Crippen molar-refractivity contribution >= 4 is 11.9 Å². The van der Waals surface area contributed by atoms with Crippen LogP contribution in [-0.4, -0.2) is 38.2 Å². The number of nitrogens with one attached hydrogen (secondary N) is 1. The molecule has 1 aliphatic rings. The molecule has 1 unspecified atom stereocenters. The number of piperidine rings is 1. The molecule has 0 saturated carbocycles. The Morgan fingerprint density at radius 2 is 1.81 bits per heavy atom. The van der Waals surface area contributed by atoms with Gasteiger partial charge in [0, 0.05) is 6.54 Å². The van der Waals surface area contributed by atoms with Gasteiger partial charge < -0.3 is 14.8 Å². The first-order chi connectivity index (χ1) is 10.2. The fourth-order valence-corrected chi connectivity index (χ4v) is 2.65. The molecule has 0 bridgehead atoms. The van der Waals surface area contributed by atoms with Gasteiger partial charge in [0.2, 0.25) is 0 Å². The summed E-state index contributed by atoms with van der Waals surface area (Å²) in [6.45, 7) is 6.11. The average molecular weight is 299 g/mol. The molecule has 0 amide bonds. The molecule has 0 aromatic carbocycles. The second-order valence-electron chi connectivity index (χ2n) is 5.65. The molecule has 5 nitrogen and oxygen atoms in total. The van der Waals surface area contributed by atoms with Gasteiger partial charge in [-0.1, -0.05) is 26.7 Å². The Balaban J connectivity index is 2.16. The first-order valence-electron chi connectivity index (χ1n) is 8.23. The van der Waals surface area contributed by atoms with Crippen LogP contribution >= 0.6 is 0 Å². The first kappa shape index (κ1) is 18.0. The highest BCUT2D eigenvalue weighted by atomic mass is 16.6. The topological polar surface area (TPSA) is 64.6 Å². The van der Waals surface area contributed by atoms with Crippen molar-refractivity contribution in [2.75, 3.05) is 26.3 Å². The molecule has 21 heavy (non-hydrogen) atoms. The van der Waals surface area contributed by atoms with E-state index in [1.807, 2.05) is 0 Å². The Kier molecular flexibility index (Phi) is 9.06. The van der Waals surface area contributed by atoms with Crippen LogP contribution in [0.2, 0.25) is 0 Å². The van der Waals surface area contributed by atoms with Crippen LogP contribution < -0.4 is 5.32 Å². The molecule has 1 fully saturated rings. The first-order valence-corrected chi connectivity index (χ1v) is 8.23. The summed E-state index contributed by atoms with van der Waals surface area (Å²) in [5.74, 6) is -0.411. The molecule has 0 radical (unpaired) electrons. The lowest BCUT2D eigenvalue weighted by atomic mass is 9.99. The summed E-state index contributed by atoms with van der Waals surface area (Å²) >= 11 is 0. The van der Waals surface area contributed by atoms with E-state index in [1.54, 1.807) is 0 Å². The third kappa shape index (κ3) is 6.93. The van der Waals surface area contributed by atoms with E-state index in [2.05, 4.69) is 19.2 Å². The molecule has 5 heteroatoms. The smallest absolute Gasteiger partial charge is 0.310 e. The van der Waals surface area contributed by atoms with Gasteiger partial charge in [-0.2, -0.15) is 0 Å². The highest BCUT2D eigenvalue weighted by Crippen LogP contribution is 2.15. The van der Waals surface area contributed by atoms with Crippen molar-refractivity contribution in [1.29, 1.82) is 0 Å². The second-order valence-corrected chi connectivity index (χ2v) is 5.65. The normalized spacial score (nSPS) is 18.5. The second kappa shape index (κ2) is 10.6. The SMILES string of the molecule is CCCC(CCC)C(=O)OCCOC(=O)C1CCCNC1. The minimum Gasteiger partial charge on any atom is -0.462 e. The molecule has 0 aliphatic carbocycles. The Morgan fingerprint density at radius 1 is 1.14 bits per heavy atom. The highest BCUT2D eigenvalue weighted by molar-refractivity contribution is 5.73. The molecule has 1 saturated heterocycles. The molecule has 0 aromatic heterocycles. The largest absolute Gasteiger partial charge is 0.462 e. The fraction of sp³-hybridized carbons (Fsp3) is 0.875. The van der Waals surface area contributed by atoms with E-state index in [1.165, 1.54) is 0 Å². The van der Waals surface area contributed by atoms with E-state index in [4.69, 9.17) is 9.47 Å². The highest BCUT2D eigenvalue weighted by Gasteiger charge is 2.22. The molecule has 1 atom stereocenters. The van der Waals surface area contributed by atoms with Crippen LogP contribution in [0.5, 0.6) is 0 Å². The molecule has 0 spiro atoms. The van der Waals surface area contributed by atoms with Crippen molar-refractivity contribution in [1.82, 2.24) is 5.32 Å². The third-order valence-corrected chi connectivity index (χ3v) is 3.81. The van der Waals surface area contributed by atoms with Crippen molar-refractivity contribution in [2.24, 2.45) is 11.8 Å². The van der Waals surface area contributed by atoms with Crippen LogP contribution in [0.15, 0.2) is 0 Å². The number of rotatable bonds is 9. The Bertz CT molecular complexity index is 307. The van der Waals surface area contributed by atoms with Crippen LogP contribution in [0.1, 0.15) is 52.4 Å². The molecular formula is C16H29NO4. The van der Waals surface area contributed by atoms with Gasteiger partial charge in [0.05, 0.1) is 11.8 Å². The van der Waals surface area contributed by atoms with Gasteiger partial charge in [0.1, 0.15) is 13.2 Å². The average Bonchev–Trinajstić information content (AvgIpc) is 2.51. The van der Waals surface area contributed by atoms with Crippen LogP contribution in [0.25, 0.3) is 0 Å². The lowest BCUT2D eigenvalue weighted by Crippen LogP contribution is -2.35. The summed E-state index contributed by atoms with van der Waals surface area (Å²) in [5.41, 5.74) is 0.